The molecule has 28 heteroatoms. The first kappa shape index (κ1) is 60.0. The standard InChI is InChI=1S/C53H59F10N11O7/c1-50(2,52(58,59)60)42(67-44(76)31-11-12-31)45(77)66-40(17-29-8-5-28(6-9-29)7-10-30-20-64-48(65-21-30)71-22-33-13-14-34(23-71)74(33)35-26-81-27-35)41(75)25-72(70-46(78)43(68-49(79)80)51(3,4)53(61,62)63)24-36-37(54)18-32(19-38(36)55)39-15-16-73(69-39)47(56)57/h5-6,8-9,15-16,18-21,31,33-35,40-43,47,68,75H,11-14,17,22-27H2,1-4H3,(H,66,77)(H,67,76)(H,70,78)(H,79,80)/t33?,34?,40-,41-,42?,43+/m0/s1. The van der Waals surface area contributed by atoms with E-state index in [0.717, 1.165) is 51.4 Å². The monoisotopic (exact) mass is 1150 g/mol. The van der Waals surface area contributed by atoms with Crippen LogP contribution in [-0.2, 0) is 32.1 Å². The Kier molecular flexibility index (Phi) is 17.6. The molecule has 6 atom stereocenters. The zero-order valence-corrected chi connectivity index (χ0v) is 44.1. The lowest BCUT2D eigenvalue weighted by molar-refractivity contribution is -0.221. The lowest BCUT2D eigenvalue weighted by Gasteiger charge is -2.47. The van der Waals surface area contributed by atoms with Crippen molar-refractivity contribution < 1.29 is 78.0 Å². The summed E-state index contributed by atoms with van der Waals surface area (Å²) in [6, 6.07) is 2.80. The highest BCUT2D eigenvalue weighted by Crippen LogP contribution is 2.43. The van der Waals surface area contributed by atoms with E-state index in [9.17, 15) is 64.5 Å². The molecule has 0 radical (unpaired) electrons. The summed E-state index contributed by atoms with van der Waals surface area (Å²) in [5.74, 6) is -1.10. The third kappa shape index (κ3) is 13.8. The van der Waals surface area contributed by atoms with Gasteiger partial charge in [-0.25, -0.2) is 33.2 Å². The van der Waals surface area contributed by atoms with Crippen molar-refractivity contribution in [3.05, 3.63) is 94.9 Å². The van der Waals surface area contributed by atoms with E-state index in [1.165, 1.54) is 29.6 Å². The Labute approximate surface area is 457 Å². The topological polar surface area (TPSA) is 219 Å². The molecule has 0 spiro atoms. The average Bonchev–Trinajstić information content (AvgIpc) is 4.32. The van der Waals surface area contributed by atoms with E-state index in [2.05, 4.69) is 47.3 Å². The molecule has 6 N–H and O–H groups in total. The smallest absolute Gasteiger partial charge is 0.405 e. The number of aliphatic hydroxyl groups is 1. The van der Waals surface area contributed by atoms with E-state index in [0.29, 0.717) is 92.9 Å². The Morgan fingerprint density at radius 1 is 0.778 bits per heavy atom. The number of amides is 4. The number of anilines is 1. The van der Waals surface area contributed by atoms with Crippen LogP contribution < -0.4 is 26.3 Å². The molecule has 3 unspecified atom stereocenters. The lowest BCUT2D eigenvalue weighted by Crippen LogP contribution is -2.63. The first-order chi connectivity index (χ1) is 38.0. The van der Waals surface area contributed by atoms with Crippen LogP contribution in [0.15, 0.2) is 61.1 Å². The molecule has 81 heavy (non-hydrogen) atoms. The van der Waals surface area contributed by atoms with Gasteiger partial charge in [0.2, 0.25) is 17.8 Å². The number of nitrogens with one attached hydrogen (secondary N) is 4. The van der Waals surface area contributed by atoms with E-state index in [-0.39, 0.29) is 21.5 Å². The van der Waals surface area contributed by atoms with Crippen LogP contribution in [-0.4, -0.2) is 151 Å². The molecule has 4 aliphatic rings. The van der Waals surface area contributed by atoms with Gasteiger partial charge in [-0.3, -0.25) is 24.7 Å². The number of aliphatic hydroxyl groups excluding tert-OH is 1. The van der Waals surface area contributed by atoms with E-state index in [1.54, 1.807) is 12.4 Å². The van der Waals surface area contributed by atoms with E-state index in [1.807, 2.05) is 5.43 Å². The van der Waals surface area contributed by atoms with Gasteiger partial charge in [0.15, 0.2) is 0 Å². The van der Waals surface area contributed by atoms with Crippen molar-refractivity contribution in [3.63, 3.8) is 0 Å². The molecule has 4 aromatic rings. The van der Waals surface area contributed by atoms with Gasteiger partial charge >= 0.3 is 25.0 Å². The number of alkyl halides is 8. The highest BCUT2D eigenvalue weighted by Gasteiger charge is 2.57. The number of ether oxygens (including phenoxy) is 1. The summed E-state index contributed by atoms with van der Waals surface area (Å²) in [4.78, 5) is 66.8. The highest BCUT2D eigenvalue weighted by molar-refractivity contribution is 5.90. The van der Waals surface area contributed by atoms with Crippen LogP contribution in [0.5, 0.6) is 0 Å². The Balaban J connectivity index is 1.07. The number of carbonyl (C=O) groups is 4. The molecule has 2 aromatic carbocycles. The fourth-order valence-corrected chi connectivity index (χ4v) is 9.93. The van der Waals surface area contributed by atoms with Gasteiger partial charge in [0, 0.05) is 79.5 Å². The van der Waals surface area contributed by atoms with Crippen molar-refractivity contribution in [1.29, 1.82) is 0 Å². The number of halogens is 10. The van der Waals surface area contributed by atoms with Crippen LogP contribution in [0.1, 0.15) is 82.2 Å². The van der Waals surface area contributed by atoms with Gasteiger partial charge in [-0.05, 0) is 95.7 Å². The van der Waals surface area contributed by atoms with E-state index < -0.39 is 120 Å². The van der Waals surface area contributed by atoms with Crippen molar-refractivity contribution in [2.45, 2.75) is 128 Å². The summed E-state index contributed by atoms with van der Waals surface area (Å²) in [5, 5.41) is 31.7. The number of piperazine rings is 1. The van der Waals surface area contributed by atoms with Crippen LogP contribution in [0.3, 0.4) is 0 Å². The summed E-state index contributed by atoms with van der Waals surface area (Å²) in [5.41, 5.74) is -4.60. The molecule has 4 fully saturated rings. The number of nitrogens with zero attached hydrogens (tertiary/aromatic N) is 7. The van der Waals surface area contributed by atoms with Gasteiger partial charge in [-0.1, -0.05) is 24.0 Å². The molecule has 3 saturated heterocycles. The molecule has 438 valence electrons. The molecular weight excluding hydrogens is 1090 g/mol. The second-order valence-electron chi connectivity index (χ2n) is 21.8. The number of fused-ring (bicyclic) bond motifs is 2. The number of carbonyl (C=O) groups excluding carboxylic acids is 3. The Bertz CT molecular complexity index is 2960. The van der Waals surface area contributed by atoms with Crippen LogP contribution in [0.25, 0.3) is 11.3 Å². The quantitative estimate of drug-likeness (QED) is 0.0336. The lowest BCUT2D eigenvalue weighted by atomic mass is 9.82. The maximum absolute atomic E-state index is 16.0. The minimum Gasteiger partial charge on any atom is -0.465 e. The number of rotatable bonds is 20. The summed E-state index contributed by atoms with van der Waals surface area (Å²) in [7, 11) is 0. The molecule has 2 aromatic heterocycles. The molecule has 18 nitrogen and oxygen atoms in total. The van der Waals surface area contributed by atoms with Gasteiger partial charge in [0.25, 0.3) is 5.91 Å². The van der Waals surface area contributed by atoms with Crippen molar-refractivity contribution in [2.75, 3.05) is 37.7 Å². The summed E-state index contributed by atoms with van der Waals surface area (Å²) in [6.07, 6.45) is -8.28. The maximum atomic E-state index is 16.0. The second-order valence-corrected chi connectivity index (χ2v) is 21.8. The van der Waals surface area contributed by atoms with Gasteiger partial charge < -0.3 is 35.8 Å². The van der Waals surface area contributed by atoms with Gasteiger partial charge in [-0.15, -0.1) is 0 Å². The zero-order chi connectivity index (χ0) is 58.9. The van der Waals surface area contributed by atoms with E-state index >= 15 is 8.78 Å². The van der Waals surface area contributed by atoms with Crippen molar-refractivity contribution in [3.8, 4) is 23.1 Å². The van der Waals surface area contributed by atoms with E-state index in [4.69, 9.17) is 4.74 Å². The number of hydrogen-bond donors (Lipinski definition) is 6. The molecule has 1 aliphatic carbocycles. The first-order valence-corrected chi connectivity index (χ1v) is 25.8. The van der Waals surface area contributed by atoms with Gasteiger partial charge in [0.1, 0.15) is 23.7 Å². The predicted octanol–water partition coefficient (Wildman–Crippen LogP) is 6.09. The summed E-state index contributed by atoms with van der Waals surface area (Å²) in [6.45, 7) is -0.118. The third-order valence-corrected chi connectivity index (χ3v) is 15.3. The highest BCUT2D eigenvalue weighted by atomic mass is 19.4. The van der Waals surface area contributed by atoms with Crippen molar-refractivity contribution >= 4 is 29.8 Å². The number of hydrazine groups is 1. The van der Waals surface area contributed by atoms with Crippen molar-refractivity contribution in [2.24, 2.45) is 16.7 Å². The average molecular weight is 1150 g/mol. The molecule has 2 bridgehead atoms. The normalized spacial score (nSPS) is 19.5. The molecule has 1 saturated carbocycles. The van der Waals surface area contributed by atoms with Gasteiger partial charge in [-0.2, -0.15) is 40.2 Å². The minimum atomic E-state index is -5.28. The fourth-order valence-electron chi connectivity index (χ4n) is 9.93. The molecule has 5 heterocycles. The number of hydrogen-bond acceptors (Lipinski definition) is 12. The summed E-state index contributed by atoms with van der Waals surface area (Å²) >= 11 is 0. The fraction of sp³-hybridized carbons (Fsp3) is 0.528. The zero-order valence-electron chi connectivity index (χ0n) is 44.1. The minimum absolute atomic E-state index is 0.195. The molecular formula is C53H59F10N11O7. The van der Waals surface area contributed by atoms with Crippen LogP contribution in [0.2, 0.25) is 0 Å². The Hall–Kier alpha value is -7.09. The number of benzene rings is 2. The van der Waals surface area contributed by atoms with Crippen LogP contribution >= 0.6 is 0 Å². The van der Waals surface area contributed by atoms with Crippen molar-refractivity contribution in [1.82, 2.24) is 51.0 Å². The molecule has 4 amide bonds. The maximum Gasteiger partial charge on any atom is 0.405 e. The number of aromatic nitrogens is 4. The first-order valence-electron chi connectivity index (χ1n) is 25.8. The van der Waals surface area contributed by atoms with Gasteiger partial charge in [0.05, 0.1) is 53.5 Å². The summed E-state index contributed by atoms with van der Waals surface area (Å²) < 4.78 is 152. The third-order valence-electron chi connectivity index (χ3n) is 15.3. The molecule has 3 aliphatic heterocycles. The Morgan fingerprint density at radius 3 is 1.85 bits per heavy atom. The Morgan fingerprint density at radius 2 is 1.35 bits per heavy atom. The second kappa shape index (κ2) is 23.8. The largest absolute Gasteiger partial charge is 0.465 e. The number of carboxylic acid groups (broad SMARTS) is 1. The van der Waals surface area contributed by atoms with Crippen LogP contribution in [0.4, 0.5) is 54.6 Å². The predicted molar refractivity (Wildman–Crippen MR) is 268 cm³/mol. The molecule has 8 rings (SSSR count). The van der Waals surface area contributed by atoms with Crippen LogP contribution in [0, 0.1) is 40.2 Å². The SMILES string of the molecule is CC(C)(C(NC(=O)C1CC1)C(=O)N[C@@H](Cc1ccc(C#Cc2cnc(N3CC4CCC(C3)N4C3COC3)nc2)cc1)[C@@H](O)CN(Cc1c(F)cc(-c2ccn(C(F)F)n2)cc1F)NC(=O)[C@@H](NC(=O)O)C(C)(C)C(F)(F)F)C(F)(F)F.